The first kappa shape index (κ1) is 25.3. The Labute approximate surface area is 200 Å². The maximum atomic E-state index is 14.3. The molecule has 0 saturated heterocycles. The lowest BCUT2D eigenvalue weighted by Gasteiger charge is -2.22. The fourth-order valence-corrected chi connectivity index (χ4v) is 2.90. The standard InChI is InChI=1S/C24H24F2N6O3/c1-24(2,34)20(26)13-30-23(33)17-12-28-21(32-22-18(25)7-14(10-27)11-29-22)9-19(17)31-15-5-4-6-16(8-15)35-3/h4-9,11-12,20,34H,13H2,1-3H3,(H,30,33)(H2,28,29,31,32). The van der Waals surface area contributed by atoms with Crippen molar-refractivity contribution < 1.29 is 23.4 Å². The zero-order valence-corrected chi connectivity index (χ0v) is 19.3. The Morgan fingerprint density at radius 3 is 2.66 bits per heavy atom. The first-order valence-corrected chi connectivity index (χ1v) is 10.5. The fraction of sp³-hybridized carbons (Fsp3) is 0.250. The van der Waals surface area contributed by atoms with E-state index in [2.05, 4.69) is 25.9 Å². The SMILES string of the molecule is COc1cccc(Nc2cc(Nc3ncc(C#N)cc3F)ncc2C(=O)NCC(F)C(C)(C)O)c1. The van der Waals surface area contributed by atoms with Crippen molar-refractivity contribution in [3.05, 3.63) is 65.7 Å². The van der Waals surface area contributed by atoms with Gasteiger partial charge in [0.25, 0.3) is 5.91 Å². The number of aliphatic hydroxyl groups is 1. The minimum Gasteiger partial charge on any atom is -0.497 e. The third-order valence-corrected chi connectivity index (χ3v) is 4.92. The molecule has 0 radical (unpaired) electrons. The molecule has 0 aliphatic rings. The number of benzene rings is 1. The van der Waals surface area contributed by atoms with Crippen LogP contribution in [0.4, 0.5) is 31.8 Å². The fourth-order valence-electron chi connectivity index (χ4n) is 2.90. The van der Waals surface area contributed by atoms with Gasteiger partial charge in [-0.3, -0.25) is 4.79 Å². The summed E-state index contributed by atoms with van der Waals surface area (Å²) >= 11 is 0. The second-order valence-corrected chi connectivity index (χ2v) is 8.09. The number of carbonyl (C=O) groups excluding carboxylic acids is 1. The van der Waals surface area contributed by atoms with Gasteiger partial charge in [-0.2, -0.15) is 5.26 Å². The zero-order chi connectivity index (χ0) is 25.6. The molecule has 2 aromatic heterocycles. The molecule has 11 heteroatoms. The molecular formula is C24H24F2N6O3. The van der Waals surface area contributed by atoms with Gasteiger partial charge in [0.15, 0.2) is 11.6 Å². The maximum absolute atomic E-state index is 14.3. The number of pyridine rings is 2. The van der Waals surface area contributed by atoms with E-state index in [1.807, 2.05) is 0 Å². The number of carbonyl (C=O) groups is 1. The highest BCUT2D eigenvalue weighted by Gasteiger charge is 2.27. The number of anilines is 4. The van der Waals surface area contributed by atoms with Crippen LogP contribution in [0.5, 0.6) is 5.75 Å². The van der Waals surface area contributed by atoms with Crippen LogP contribution < -0.4 is 20.7 Å². The van der Waals surface area contributed by atoms with Gasteiger partial charge >= 0.3 is 0 Å². The Kier molecular flexibility index (Phi) is 7.78. The van der Waals surface area contributed by atoms with Crippen molar-refractivity contribution in [2.24, 2.45) is 0 Å². The van der Waals surface area contributed by atoms with Gasteiger partial charge in [-0.25, -0.2) is 18.7 Å². The first-order chi connectivity index (χ1) is 16.6. The molecule has 9 nitrogen and oxygen atoms in total. The molecule has 3 rings (SSSR count). The Morgan fingerprint density at radius 2 is 2.00 bits per heavy atom. The number of halogens is 2. The first-order valence-electron chi connectivity index (χ1n) is 10.5. The summed E-state index contributed by atoms with van der Waals surface area (Å²) in [4.78, 5) is 20.8. The number of nitrogens with zero attached hydrogens (tertiary/aromatic N) is 3. The minimum atomic E-state index is -1.69. The van der Waals surface area contributed by atoms with E-state index in [-0.39, 0.29) is 28.5 Å². The van der Waals surface area contributed by atoms with Crippen LogP contribution in [0.1, 0.15) is 29.8 Å². The highest BCUT2D eigenvalue weighted by molar-refractivity contribution is 6.00. The highest BCUT2D eigenvalue weighted by atomic mass is 19.1. The van der Waals surface area contributed by atoms with E-state index in [4.69, 9.17) is 10.00 Å². The smallest absolute Gasteiger partial charge is 0.255 e. The molecule has 182 valence electrons. The van der Waals surface area contributed by atoms with Crippen molar-refractivity contribution in [1.29, 1.82) is 5.26 Å². The predicted molar refractivity (Wildman–Crippen MR) is 126 cm³/mol. The molecule has 0 spiro atoms. The summed E-state index contributed by atoms with van der Waals surface area (Å²) in [5.41, 5.74) is -0.627. The van der Waals surface area contributed by atoms with Crippen LogP contribution in [0.3, 0.4) is 0 Å². The molecule has 4 N–H and O–H groups in total. The highest BCUT2D eigenvalue weighted by Crippen LogP contribution is 2.27. The van der Waals surface area contributed by atoms with E-state index in [0.29, 0.717) is 11.4 Å². The molecule has 0 aliphatic carbocycles. The summed E-state index contributed by atoms with van der Waals surface area (Å²) in [5, 5.41) is 26.9. The normalized spacial score (nSPS) is 11.8. The Bertz CT molecular complexity index is 1260. The van der Waals surface area contributed by atoms with E-state index in [9.17, 15) is 18.7 Å². The van der Waals surface area contributed by atoms with Crippen molar-refractivity contribution in [2.75, 3.05) is 24.3 Å². The quantitative estimate of drug-likeness (QED) is 0.362. The van der Waals surface area contributed by atoms with Crippen molar-refractivity contribution in [3.8, 4) is 11.8 Å². The van der Waals surface area contributed by atoms with Gasteiger partial charge in [0, 0.05) is 30.2 Å². The Hall–Kier alpha value is -4.30. The van der Waals surface area contributed by atoms with E-state index < -0.39 is 30.0 Å². The molecule has 1 atom stereocenters. The summed E-state index contributed by atoms with van der Waals surface area (Å²) in [6.45, 7) is 2.19. The van der Waals surface area contributed by atoms with Gasteiger partial charge in [0.1, 0.15) is 23.8 Å². The molecule has 35 heavy (non-hydrogen) atoms. The zero-order valence-electron chi connectivity index (χ0n) is 19.3. The molecule has 3 aromatic rings. The van der Waals surface area contributed by atoms with Crippen LogP contribution in [-0.4, -0.2) is 46.4 Å². The van der Waals surface area contributed by atoms with Crippen LogP contribution in [0.15, 0.2) is 48.8 Å². The molecule has 1 unspecified atom stereocenters. The van der Waals surface area contributed by atoms with Gasteiger partial charge in [-0.15, -0.1) is 0 Å². The number of ether oxygens (including phenoxy) is 1. The molecule has 2 heterocycles. The van der Waals surface area contributed by atoms with Gasteiger partial charge < -0.3 is 25.8 Å². The molecule has 1 amide bonds. The number of hydrogen-bond acceptors (Lipinski definition) is 8. The molecule has 0 aliphatic heterocycles. The molecular weight excluding hydrogens is 458 g/mol. The van der Waals surface area contributed by atoms with Crippen LogP contribution in [-0.2, 0) is 0 Å². The van der Waals surface area contributed by atoms with E-state index in [0.717, 1.165) is 6.07 Å². The number of aromatic nitrogens is 2. The van der Waals surface area contributed by atoms with Gasteiger partial charge in [-0.05, 0) is 32.0 Å². The topological polar surface area (TPSA) is 132 Å². The number of amides is 1. The summed E-state index contributed by atoms with van der Waals surface area (Å²) in [7, 11) is 1.52. The number of rotatable bonds is 9. The second kappa shape index (κ2) is 10.8. The number of hydrogen-bond donors (Lipinski definition) is 4. The van der Waals surface area contributed by atoms with E-state index in [1.54, 1.807) is 30.3 Å². The third kappa shape index (κ3) is 6.61. The van der Waals surface area contributed by atoms with Crippen LogP contribution >= 0.6 is 0 Å². The monoisotopic (exact) mass is 482 g/mol. The number of alkyl halides is 1. The summed E-state index contributed by atoms with van der Waals surface area (Å²) in [6, 6.07) is 11.2. The number of methoxy groups -OCH3 is 1. The average Bonchev–Trinajstić information content (AvgIpc) is 2.83. The van der Waals surface area contributed by atoms with Crippen molar-refractivity contribution >= 4 is 28.9 Å². The number of nitrogens with one attached hydrogen (secondary N) is 3. The van der Waals surface area contributed by atoms with Crippen molar-refractivity contribution in [2.45, 2.75) is 25.6 Å². The summed E-state index contributed by atoms with van der Waals surface area (Å²) in [5.74, 6) is -0.822. The van der Waals surface area contributed by atoms with Crippen LogP contribution in [0.25, 0.3) is 0 Å². The van der Waals surface area contributed by atoms with Gasteiger partial charge in [-0.1, -0.05) is 6.07 Å². The predicted octanol–water partition coefficient (Wildman–Crippen LogP) is 3.82. The second-order valence-electron chi connectivity index (χ2n) is 8.09. The average molecular weight is 482 g/mol. The van der Waals surface area contributed by atoms with Gasteiger partial charge in [0.05, 0.1) is 36.1 Å². The Balaban J connectivity index is 1.91. The van der Waals surface area contributed by atoms with Crippen LogP contribution in [0.2, 0.25) is 0 Å². The van der Waals surface area contributed by atoms with Crippen molar-refractivity contribution in [3.63, 3.8) is 0 Å². The van der Waals surface area contributed by atoms with Gasteiger partial charge in [0.2, 0.25) is 0 Å². The number of nitriles is 1. The summed E-state index contributed by atoms with van der Waals surface area (Å²) in [6.07, 6.45) is 0.748. The lowest BCUT2D eigenvalue weighted by molar-refractivity contribution is -0.00177. The molecule has 0 fully saturated rings. The lowest BCUT2D eigenvalue weighted by atomic mass is 10.0. The minimum absolute atomic E-state index is 0.0608. The maximum Gasteiger partial charge on any atom is 0.255 e. The molecule has 0 bridgehead atoms. The third-order valence-electron chi connectivity index (χ3n) is 4.92. The summed E-state index contributed by atoms with van der Waals surface area (Å²) < 4.78 is 33.6. The lowest BCUT2D eigenvalue weighted by Crippen LogP contribution is -2.42. The van der Waals surface area contributed by atoms with E-state index in [1.165, 1.54) is 39.4 Å². The van der Waals surface area contributed by atoms with Crippen LogP contribution in [0, 0.1) is 17.1 Å². The molecule has 1 aromatic carbocycles. The largest absolute Gasteiger partial charge is 0.497 e. The Morgan fingerprint density at radius 1 is 1.23 bits per heavy atom. The van der Waals surface area contributed by atoms with Crippen molar-refractivity contribution in [1.82, 2.24) is 15.3 Å². The molecule has 0 saturated carbocycles. The van der Waals surface area contributed by atoms with E-state index >= 15 is 0 Å².